The van der Waals surface area contributed by atoms with Gasteiger partial charge in [0.05, 0.1) is 5.69 Å². The van der Waals surface area contributed by atoms with E-state index in [0.717, 1.165) is 18.3 Å². The van der Waals surface area contributed by atoms with Gasteiger partial charge in [0.15, 0.2) is 0 Å². The van der Waals surface area contributed by atoms with E-state index in [0.29, 0.717) is 17.5 Å². The molecule has 0 aromatic carbocycles. The van der Waals surface area contributed by atoms with Crippen LogP contribution in [0.15, 0.2) is 12.1 Å². The molecule has 1 saturated carbocycles. The number of aromatic nitrogens is 1. The lowest BCUT2D eigenvalue weighted by Crippen LogP contribution is -2.35. The first-order valence-electron chi connectivity index (χ1n) is 7.04. The van der Waals surface area contributed by atoms with Crippen LogP contribution < -0.4 is 16.4 Å². The molecule has 4 nitrogen and oxygen atoms in total. The number of pyridine rings is 1. The normalized spacial score (nSPS) is 24.9. The minimum absolute atomic E-state index is 0.463. The highest BCUT2D eigenvalue weighted by Crippen LogP contribution is 2.37. The molecule has 0 bridgehead atoms. The molecule has 1 aromatic rings. The predicted octanol–water partition coefficient (Wildman–Crippen LogP) is 2.41. The highest BCUT2D eigenvalue weighted by Gasteiger charge is 2.33. The van der Waals surface area contributed by atoms with Crippen molar-refractivity contribution in [1.29, 1.82) is 0 Å². The molecule has 1 aliphatic heterocycles. The maximum Gasteiger partial charge on any atom is 0.149 e. The summed E-state index contributed by atoms with van der Waals surface area (Å²) < 4.78 is 0. The van der Waals surface area contributed by atoms with Gasteiger partial charge in [0.1, 0.15) is 11.6 Å². The van der Waals surface area contributed by atoms with E-state index in [4.69, 9.17) is 11.5 Å². The van der Waals surface area contributed by atoms with Crippen molar-refractivity contribution in [3.8, 4) is 0 Å². The number of nitrogens with zero attached hydrogens (tertiary/aromatic N) is 2. The van der Waals surface area contributed by atoms with Crippen LogP contribution in [0, 0.1) is 5.92 Å². The standard InChI is InChI=1S/C14H22N4/c15-11-7-8-13(17-14(11)16)18-9-3-6-12(18)10-4-1-2-5-10/h7-8,10,12H,1-6,9,15H2,(H2,16,17). The molecule has 1 saturated heterocycles. The molecule has 1 atom stereocenters. The number of hydrogen-bond acceptors (Lipinski definition) is 4. The summed E-state index contributed by atoms with van der Waals surface area (Å²) in [5.41, 5.74) is 12.1. The predicted molar refractivity (Wildman–Crippen MR) is 75.4 cm³/mol. The molecule has 2 aliphatic rings. The van der Waals surface area contributed by atoms with Crippen LogP contribution in [0.2, 0.25) is 0 Å². The van der Waals surface area contributed by atoms with E-state index in [9.17, 15) is 0 Å². The number of nitrogens with two attached hydrogens (primary N) is 2. The van der Waals surface area contributed by atoms with Crippen molar-refractivity contribution >= 4 is 17.3 Å². The minimum Gasteiger partial charge on any atom is -0.396 e. The first-order valence-corrected chi connectivity index (χ1v) is 7.04. The lowest BCUT2D eigenvalue weighted by molar-refractivity contribution is 0.429. The Morgan fingerprint density at radius 1 is 1.06 bits per heavy atom. The molecular formula is C14H22N4. The van der Waals surface area contributed by atoms with Gasteiger partial charge >= 0.3 is 0 Å². The monoisotopic (exact) mass is 246 g/mol. The van der Waals surface area contributed by atoms with Gasteiger partial charge < -0.3 is 16.4 Å². The van der Waals surface area contributed by atoms with Gasteiger partial charge in [0, 0.05) is 12.6 Å². The quantitative estimate of drug-likeness (QED) is 0.841. The summed E-state index contributed by atoms with van der Waals surface area (Å²) >= 11 is 0. The Hall–Kier alpha value is -1.45. The molecule has 18 heavy (non-hydrogen) atoms. The number of nitrogen functional groups attached to an aromatic ring is 2. The molecule has 1 aliphatic carbocycles. The van der Waals surface area contributed by atoms with Crippen molar-refractivity contribution in [3.05, 3.63) is 12.1 Å². The van der Waals surface area contributed by atoms with Gasteiger partial charge in [-0.25, -0.2) is 4.98 Å². The number of rotatable bonds is 2. The largest absolute Gasteiger partial charge is 0.396 e. The van der Waals surface area contributed by atoms with Crippen LogP contribution in [0.25, 0.3) is 0 Å². The van der Waals surface area contributed by atoms with Crippen molar-refractivity contribution < 1.29 is 0 Å². The summed E-state index contributed by atoms with van der Waals surface area (Å²) in [5.74, 6) is 2.33. The fourth-order valence-corrected chi connectivity index (χ4v) is 3.54. The Bertz CT molecular complexity index is 426. The average molecular weight is 246 g/mol. The third-order valence-electron chi connectivity index (χ3n) is 4.48. The van der Waals surface area contributed by atoms with Crippen molar-refractivity contribution in [2.24, 2.45) is 5.92 Å². The van der Waals surface area contributed by atoms with Gasteiger partial charge in [0.25, 0.3) is 0 Å². The van der Waals surface area contributed by atoms with E-state index >= 15 is 0 Å². The fraction of sp³-hybridized carbons (Fsp3) is 0.643. The molecule has 0 amide bonds. The van der Waals surface area contributed by atoms with E-state index in [-0.39, 0.29) is 0 Å². The molecule has 4 N–H and O–H groups in total. The van der Waals surface area contributed by atoms with Gasteiger partial charge in [-0.05, 0) is 43.7 Å². The van der Waals surface area contributed by atoms with E-state index in [1.165, 1.54) is 38.5 Å². The van der Waals surface area contributed by atoms with Crippen molar-refractivity contribution in [2.45, 2.75) is 44.6 Å². The van der Waals surface area contributed by atoms with Crippen LogP contribution >= 0.6 is 0 Å². The summed E-state index contributed by atoms with van der Waals surface area (Å²) in [6.07, 6.45) is 8.12. The Labute approximate surface area is 108 Å². The van der Waals surface area contributed by atoms with Gasteiger partial charge in [-0.3, -0.25) is 0 Å². The second-order valence-electron chi connectivity index (χ2n) is 5.59. The lowest BCUT2D eigenvalue weighted by Gasteiger charge is -2.30. The van der Waals surface area contributed by atoms with Crippen LogP contribution in [0.1, 0.15) is 38.5 Å². The van der Waals surface area contributed by atoms with Crippen LogP contribution in [0.3, 0.4) is 0 Å². The highest BCUT2D eigenvalue weighted by molar-refractivity contribution is 5.62. The van der Waals surface area contributed by atoms with Gasteiger partial charge in [0.2, 0.25) is 0 Å². The first kappa shape index (κ1) is 11.6. The molecule has 0 spiro atoms. The minimum atomic E-state index is 0.463. The molecule has 2 fully saturated rings. The molecule has 1 unspecified atom stereocenters. The molecule has 0 radical (unpaired) electrons. The molecule has 4 heteroatoms. The van der Waals surface area contributed by atoms with E-state index < -0.39 is 0 Å². The third kappa shape index (κ3) is 2.00. The van der Waals surface area contributed by atoms with Crippen LogP contribution in [-0.4, -0.2) is 17.6 Å². The Morgan fingerprint density at radius 2 is 1.83 bits per heavy atom. The first-order chi connectivity index (χ1) is 8.75. The maximum atomic E-state index is 5.82. The van der Waals surface area contributed by atoms with E-state index in [1.807, 2.05) is 12.1 Å². The summed E-state index contributed by atoms with van der Waals surface area (Å²) in [4.78, 5) is 6.91. The SMILES string of the molecule is Nc1ccc(N2CCCC2C2CCCC2)nc1N. The molecule has 3 rings (SSSR count). The second kappa shape index (κ2) is 4.67. The number of hydrogen-bond donors (Lipinski definition) is 2. The van der Waals surface area contributed by atoms with Crippen LogP contribution in [0.5, 0.6) is 0 Å². The van der Waals surface area contributed by atoms with E-state index in [1.54, 1.807) is 0 Å². The summed E-state index contributed by atoms with van der Waals surface area (Å²) in [7, 11) is 0. The van der Waals surface area contributed by atoms with Gasteiger partial charge in [-0.15, -0.1) is 0 Å². The third-order valence-corrected chi connectivity index (χ3v) is 4.48. The second-order valence-corrected chi connectivity index (χ2v) is 5.59. The highest BCUT2D eigenvalue weighted by atomic mass is 15.2. The van der Waals surface area contributed by atoms with Crippen molar-refractivity contribution in [3.63, 3.8) is 0 Å². The Morgan fingerprint density at radius 3 is 2.56 bits per heavy atom. The summed E-state index contributed by atoms with van der Waals surface area (Å²) in [5, 5.41) is 0. The summed E-state index contributed by atoms with van der Waals surface area (Å²) in [6, 6.07) is 4.56. The molecular weight excluding hydrogens is 224 g/mol. The van der Waals surface area contributed by atoms with E-state index in [2.05, 4.69) is 9.88 Å². The zero-order valence-corrected chi connectivity index (χ0v) is 10.8. The Balaban J connectivity index is 1.82. The summed E-state index contributed by atoms with van der Waals surface area (Å²) in [6.45, 7) is 1.11. The Kier molecular flexibility index (Phi) is 3.02. The van der Waals surface area contributed by atoms with Crippen LogP contribution in [0.4, 0.5) is 17.3 Å². The average Bonchev–Trinajstić information content (AvgIpc) is 3.00. The maximum absolute atomic E-state index is 5.82. The topological polar surface area (TPSA) is 68.2 Å². The van der Waals surface area contributed by atoms with Crippen LogP contribution in [-0.2, 0) is 0 Å². The fourth-order valence-electron chi connectivity index (χ4n) is 3.54. The smallest absolute Gasteiger partial charge is 0.149 e. The molecule has 2 heterocycles. The number of anilines is 3. The van der Waals surface area contributed by atoms with Crippen molar-refractivity contribution in [2.75, 3.05) is 22.9 Å². The molecule has 1 aromatic heterocycles. The molecule has 98 valence electrons. The zero-order chi connectivity index (χ0) is 12.5. The lowest BCUT2D eigenvalue weighted by atomic mass is 9.96. The van der Waals surface area contributed by atoms with Crippen molar-refractivity contribution in [1.82, 2.24) is 4.98 Å². The van der Waals surface area contributed by atoms with Gasteiger partial charge in [-0.2, -0.15) is 0 Å². The zero-order valence-electron chi connectivity index (χ0n) is 10.8. The van der Waals surface area contributed by atoms with Gasteiger partial charge in [-0.1, -0.05) is 12.8 Å².